The van der Waals surface area contributed by atoms with Crippen LogP contribution in [-0.2, 0) is 19.3 Å². The lowest BCUT2D eigenvalue weighted by atomic mass is 9.96. The van der Waals surface area contributed by atoms with Crippen LogP contribution >= 0.6 is 0 Å². The van der Waals surface area contributed by atoms with Gasteiger partial charge in [-0.15, -0.1) is 0 Å². The maximum Gasteiger partial charge on any atom is 0.119 e. The van der Waals surface area contributed by atoms with Crippen molar-refractivity contribution in [2.75, 3.05) is 7.11 Å². The molecule has 0 amide bonds. The van der Waals surface area contributed by atoms with E-state index in [0.717, 1.165) is 12.2 Å². The van der Waals surface area contributed by atoms with Crippen LogP contribution in [0, 0.1) is 0 Å². The predicted molar refractivity (Wildman–Crippen MR) is 82.1 cm³/mol. The summed E-state index contributed by atoms with van der Waals surface area (Å²) in [5.41, 5.74) is 11.8. The molecule has 2 aromatic rings. The number of hydrogen-bond acceptors (Lipinski definition) is 2. The zero-order chi connectivity index (χ0) is 13.9. The lowest BCUT2D eigenvalue weighted by molar-refractivity contribution is 0.414. The van der Waals surface area contributed by atoms with Gasteiger partial charge in [-0.3, -0.25) is 0 Å². The molecule has 1 aliphatic carbocycles. The lowest BCUT2D eigenvalue weighted by Crippen LogP contribution is -2.13. The molecule has 0 saturated heterocycles. The average Bonchev–Trinajstić information content (AvgIpc) is 2.94. The summed E-state index contributed by atoms with van der Waals surface area (Å²) in [6.07, 6.45) is 4.55. The van der Waals surface area contributed by atoms with Crippen LogP contribution in [-0.4, -0.2) is 7.11 Å². The average molecular weight is 267 g/mol. The highest BCUT2D eigenvalue weighted by Crippen LogP contribution is 2.26. The standard InChI is InChI=1S/C18H21NO/c1-20-17-7-2-4-13(10-17)11-18(19)16-9-8-14-5-3-6-15(14)12-16/h2,4,7-10,12,18H,3,5-6,11,19H2,1H3. The van der Waals surface area contributed by atoms with E-state index in [0.29, 0.717) is 0 Å². The summed E-state index contributed by atoms with van der Waals surface area (Å²) < 4.78 is 5.26. The topological polar surface area (TPSA) is 35.2 Å². The molecule has 1 aliphatic rings. The molecular weight excluding hydrogens is 246 g/mol. The Labute approximate surface area is 120 Å². The number of nitrogens with two attached hydrogens (primary N) is 1. The molecule has 20 heavy (non-hydrogen) atoms. The van der Waals surface area contributed by atoms with E-state index in [1.807, 2.05) is 12.1 Å². The smallest absolute Gasteiger partial charge is 0.119 e. The molecule has 2 heteroatoms. The molecule has 0 saturated carbocycles. The molecule has 3 rings (SSSR count). The molecule has 0 aliphatic heterocycles. The molecule has 2 aromatic carbocycles. The van der Waals surface area contributed by atoms with E-state index < -0.39 is 0 Å². The van der Waals surface area contributed by atoms with Crippen LogP contribution in [0.2, 0.25) is 0 Å². The molecule has 2 N–H and O–H groups in total. The number of methoxy groups -OCH3 is 1. The van der Waals surface area contributed by atoms with Gasteiger partial charge >= 0.3 is 0 Å². The van der Waals surface area contributed by atoms with Gasteiger partial charge in [0, 0.05) is 6.04 Å². The lowest BCUT2D eigenvalue weighted by Gasteiger charge is -2.14. The SMILES string of the molecule is COc1cccc(CC(N)c2ccc3c(c2)CCC3)c1. The van der Waals surface area contributed by atoms with Gasteiger partial charge in [0.15, 0.2) is 0 Å². The molecular formula is C18H21NO. The fraction of sp³-hybridized carbons (Fsp3) is 0.333. The first-order valence-corrected chi connectivity index (χ1v) is 7.26. The third-order valence-corrected chi connectivity index (χ3v) is 4.14. The molecule has 0 aromatic heterocycles. The Kier molecular flexibility index (Phi) is 3.75. The van der Waals surface area contributed by atoms with Gasteiger partial charge in [0.25, 0.3) is 0 Å². The van der Waals surface area contributed by atoms with Crippen molar-refractivity contribution in [1.82, 2.24) is 0 Å². The summed E-state index contributed by atoms with van der Waals surface area (Å²) in [4.78, 5) is 0. The van der Waals surface area contributed by atoms with Gasteiger partial charge in [0.05, 0.1) is 7.11 Å². The highest BCUT2D eigenvalue weighted by Gasteiger charge is 2.14. The van der Waals surface area contributed by atoms with E-state index in [2.05, 4.69) is 30.3 Å². The normalized spacial score (nSPS) is 14.9. The first-order chi connectivity index (χ1) is 9.76. The van der Waals surface area contributed by atoms with Crippen LogP contribution < -0.4 is 10.5 Å². The van der Waals surface area contributed by atoms with Crippen LogP contribution in [0.5, 0.6) is 5.75 Å². The van der Waals surface area contributed by atoms with Crippen molar-refractivity contribution in [3.8, 4) is 5.75 Å². The van der Waals surface area contributed by atoms with Crippen molar-refractivity contribution in [1.29, 1.82) is 0 Å². The first-order valence-electron chi connectivity index (χ1n) is 7.26. The second-order valence-electron chi connectivity index (χ2n) is 5.54. The van der Waals surface area contributed by atoms with Crippen LogP contribution in [0.4, 0.5) is 0 Å². The molecule has 104 valence electrons. The minimum atomic E-state index is 0.0491. The largest absolute Gasteiger partial charge is 0.497 e. The van der Waals surface area contributed by atoms with Crippen molar-refractivity contribution in [3.63, 3.8) is 0 Å². The molecule has 1 atom stereocenters. The first kappa shape index (κ1) is 13.2. The van der Waals surface area contributed by atoms with E-state index in [9.17, 15) is 0 Å². The fourth-order valence-electron chi connectivity index (χ4n) is 2.99. The summed E-state index contributed by atoms with van der Waals surface area (Å²) >= 11 is 0. The predicted octanol–water partition coefficient (Wildman–Crippen LogP) is 3.43. The Hall–Kier alpha value is -1.80. The van der Waals surface area contributed by atoms with Crippen LogP contribution in [0.3, 0.4) is 0 Å². The third kappa shape index (κ3) is 2.70. The number of benzene rings is 2. The Bertz CT molecular complexity index is 606. The summed E-state index contributed by atoms with van der Waals surface area (Å²) in [6.45, 7) is 0. The maximum atomic E-state index is 6.37. The van der Waals surface area contributed by atoms with Gasteiger partial charge in [-0.25, -0.2) is 0 Å². The summed E-state index contributed by atoms with van der Waals surface area (Å²) in [5, 5.41) is 0. The molecule has 0 spiro atoms. The van der Waals surface area contributed by atoms with E-state index in [4.69, 9.17) is 10.5 Å². The maximum absolute atomic E-state index is 6.37. The minimum absolute atomic E-state index is 0.0491. The molecule has 0 fully saturated rings. The number of fused-ring (bicyclic) bond motifs is 1. The van der Waals surface area contributed by atoms with Crippen molar-refractivity contribution >= 4 is 0 Å². The molecule has 0 heterocycles. The number of rotatable bonds is 4. The van der Waals surface area contributed by atoms with E-state index in [1.165, 1.54) is 41.5 Å². The van der Waals surface area contributed by atoms with Crippen molar-refractivity contribution in [2.24, 2.45) is 5.73 Å². The Morgan fingerprint density at radius 1 is 1.10 bits per heavy atom. The van der Waals surface area contributed by atoms with Gasteiger partial charge in [0.1, 0.15) is 5.75 Å². The Morgan fingerprint density at radius 2 is 1.95 bits per heavy atom. The number of aryl methyl sites for hydroxylation is 2. The highest BCUT2D eigenvalue weighted by molar-refractivity contribution is 5.37. The molecule has 2 nitrogen and oxygen atoms in total. The van der Waals surface area contributed by atoms with Crippen LogP contribution in [0.15, 0.2) is 42.5 Å². The fourth-order valence-corrected chi connectivity index (χ4v) is 2.99. The molecule has 0 radical (unpaired) electrons. The van der Waals surface area contributed by atoms with Gasteiger partial charge in [-0.1, -0.05) is 30.3 Å². The van der Waals surface area contributed by atoms with Gasteiger partial charge in [0.2, 0.25) is 0 Å². The van der Waals surface area contributed by atoms with Crippen molar-refractivity contribution in [3.05, 3.63) is 64.7 Å². The van der Waals surface area contributed by atoms with E-state index in [1.54, 1.807) is 7.11 Å². The number of hydrogen-bond donors (Lipinski definition) is 1. The van der Waals surface area contributed by atoms with Crippen molar-refractivity contribution < 1.29 is 4.74 Å². The third-order valence-electron chi connectivity index (χ3n) is 4.14. The highest BCUT2D eigenvalue weighted by atomic mass is 16.5. The zero-order valence-electron chi connectivity index (χ0n) is 11.9. The minimum Gasteiger partial charge on any atom is -0.497 e. The van der Waals surface area contributed by atoms with E-state index in [-0.39, 0.29) is 6.04 Å². The van der Waals surface area contributed by atoms with Gasteiger partial charge in [-0.2, -0.15) is 0 Å². The second-order valence-corrected chi connectivity index (χ2v) is 5.54. The summed E-state index contributed by atoms with van der Waals surface area (Å²) in [6, 6.07) is 14.9. The number of ether oxygens (including phenoxy) is 1. The monoisotopic (exact) mass is 267 g/mol. The van der Waals surface area contributed by atoms with Gasteiger partial charge in [-0.05, 0) is 60.1 Å². The molecule has 0 bridgehead atoms. The second kappa shape index (κ2) is 5.68. The quantitative estimate of drug-likeness (QED) is 0.921. The van der Waals surface area contributed by atoms with Crippen LogP contribution in [0.25, 0.3) is 0 Å². The summed E-state index contributed by atoms with van der Waals surface area (Å²) in [5.74, 6) is 0.892. The van der Waals surface area contributed by atoms with Crippen molar-refractivity contribution in [2.45, 2.75) is 31.7 Å². The molecule has 1 unspecified atom stereocenters. The van der Waals surface area contributed by atoms with Gasteiger partial charge < -0.3 is 10.5 Å². The zero-order valence-corrected chi connectivity index (χ0v) is 11.9. The van der Waals surface area contributed by atoms with E-state index >= 15 is 0 Å². The Balaban J connectivity index is 1.77. The van der Waals surface area contributed by atoms with Crippen LogP contribution in [0.1, 0.15) is 34.7 Å². The summed E-state index contributed by atoms with van der Waals surface area (Å²) in [7, 11) is 1.69. The Morgan fingerprint density at radius 3 is 2.80 bits per heavy atom.